The van der Waals surface area contributed by atoms with Gasteiger partial charge in [0.1, 0.15) is 0 Å². The van der Waals surface area contributed by atoms with E-state index in [0.717, 1.165) is 13.2 Å². The first-order valence-corrected chi connectivity index (χ1v) is 8.41. The highest BCUT2D eigenvalue weighted by Gasteiger charge is 2.47. The number of carbonyl (C=O) groups excluding carboxylic acids is 2. The number of benzene rings is 2. The van der Waals surface area contributed by atoms with Gasteiger partial charge in [-0.05, 0) is 29.1 Å². The van der Waals surface area contributed by atoms with E-state index in [-0.39, 0.29) is 40.0 Å². The number of carbonyl (C=O) groups is 2. The molecule has 0 saturated carbocycles. The van der Waals surface area contributed by atoms with Crippen LogP contribution in [0.1, 0.15) is 21.8 Å². The summed E-state index contributed by atoms with van der Waals surface area (Å²) in [5.74, 6) is -3.67. The first kappa shape index (κ1) is 19.9. The second-order valence-corrected chi connectivity index (χ2v) is 6.41. The summed E-state index contributed by atoms with van der Waals surface area (Å²) in [5, 5.41) is 11.8. The predicted molar refractivity (Wildman–Crippen MR) is 93.8 cm³/mol. The van der Waals surface area contributed by atoms with E-state index in [1.54, 1.807) is 0 Å². The summed E-state index contributed by atoms with van der Waals surface area (Å²) in [5.41, 5.74) is -0.417. The number of fused-ring (bicyclic) bond motifs is 3. The van der Waals surface area contributed by atoms with E-state index in [0.29, 0.717) is 4.90 Å². The molecule has 28 heavy (non-hydrogen) atoms. The maximum atomic E-state index is 13.0. The van der Waals surface area contributed by atoms with Crippen molar-refractivity contribution in [3.05, 3.63) is 45.5 Å². The summed E-state index contributed by atoms with van der Waals surface area (Å²) in [6.45, 7) is -0.379. The molecule has 1 aliphatic rings. The topological polar surface area (TPSA) is 89.8 Å². The van der Waals surface area contributed by atoms with Crippen molar-refractivity contribution in [2.75, 3.05) is 24.4 Å². The van der Waals surface area contributed by atoms with Gasteiger partial charge in [0.05, 0.1) is 28.7 Å². The molecule has 2 aromatic rings. The Balaban J connectivity index is 2.35. The Bertz CT molecular complexity index is 1010. The molecule has 0 bridgehead atoms. The van der Waals surface area contributed by atoms with Crippen LogP contribution in [-0.2, 0) is 9.53 Å². The molecule has 0 N–H and O–H groups in total. The smallest absolute Gasteiger partial charge is 0.465 e. The van der Waals surface area contributed by atoms with Crippen molar-refractivity contribution in [2.45, 2.75) is 12.1 Å². The van der Waals surface area contributed by atoms with Crippen molar-refractivity contribution >= 4 is 45.6 Å². The number of rotatable bonds is 3. The lowest BCUT2D eigenvalue weighted by molar-refractivity contribution is -0.383. The second kappa shape index (κ2) is 6.93. The van der Waals surface area contributed by atoms with Gasteiger partial charge in [0.25, 0.3) is 5.69 Å². The standard InChI is InChI=1S/C17H12ClF3N2O5/c1-28-15(24)8-2-3-10-11(4-8)14-9(6-18)7-22(16(25)17(19,20)21)13(14)5-12(10)23(26)27/h2-5,9H,6-7H2,1H3. The number of alkyl halides is 4. The lowest BCUT2D eigenvalue weighted by Crippen LogP contribution is -2.40. The number of ether oxygens (including phenoxy) is 1. The third-order valence-electron chi connectivity index (χ3n) is 4.53. The van der Waals surface area contributed by atoms with Gasteiger partial charge in [-0.2, -0.15) is 13.2 Å². The highest BCUT2D eigenvalue weighted by Crippen LogP contribution is 2.46. The second-order valence-electron chi connectivity index (χ2n) is 6.10. The van der Waals surface area contributed by atoms with Gasteiger partial charge in [-0.3, -0.25) is 14.9 Å². The summed E-state index contributed by atoms with van der Waals surface area (Å²) in [7, 11) is 1.15. The van der Waals surface area contributed by atoms with Crippen LogP contribution in [0.5, 0.6) is 0 Å². The number of nitrogens with zero attached hydrogens (tertiary/aromatic N) is 2. The quantitative estimate of drug-likeness (QED) is 0.329. The average Bonchev–Trinajstić information content (AvgIpc) is 3.03. The lowest BCUT2D eigenvalue weighted by Gasteiger charge is -2.19. The number of hydrogen-bond donors (Lipinski definition) is 0. The van der Waals surface area contributed by atoms with E-state index in [1.165, 1.54) is 18.2 Å². The number of methoxy groups -OCH3 is 1. The molecule has 2 aromatic carbocycles. The Morgan fingerprint density at radius 2 is 2.00 bits per heavy atom. The largest absolute Gasteiger partial charge is 0.471 e. The van der Waals surface area contributed by atoms with Crippen LogP contribution in [0, 0.1) is 10.1 Å². The monoisotopic (exact) mass is 416 g/mol. The van der Waals surface area contributed by atoms with Crippen molar-refractivity contribution in [1.29, 1.82) is 0 Å². The minimum atomic E-state index is -5.16. The van der Waals surface area contributed by atoms with Gasteiger partial charge in [0.15, 0.2) is 0 Å². The van der Waals surface area contributed by atoms with Crippen molar-refractivity contribution in [3.63, 3.8) is 0 Å². The van der Waals surface area contributed by atoms with Crippen molar-refractivity contribution < 1.29 is 32.4 Å². The van der Waals surface area contributed by atoms with Gasteiger partial charge in [-0.1, -0.05) is 0 Å². The third kappa shape index (κ3) is 3.13. The molecule has 0 aliphatic carbocycles. The summed E-state index contributed by atoms with van der Waals surface area (Å²) in [6, 6.07) is 4.87. The minimum Gasteiger partial charge on any atom is -0.465 e. The zero-order valence-corrected chi connectivity index (χ0v) is 15.0. The third-order valence-corrected chi connectivity index (χ3v) is 4.90. The molecule has 1 amide bonds. The van der Waals surface area contributed by atoms with Crippen LogP contribution in [0.4, 0.5) is 24.5 Å². The van der Waals surface area contributed by atoms with Gasteiger partial charge in [0, 0.05) is 24.4 Å². The molecular weight excluding hydrogens is 405 g/mol. The van der Waals surface area contributed by atoms with E-state index >= 15 is 0 Å². The number of amides is 1. The van der Waals surface area contributed by atoms with Gasteiger partial charge in [-0.15, -0.1) is 11.6 Å². The van der Waals surface area contributed by atoms with E-state index in [4.69, 9.17) is 11.6 Å². The van der Waals surface area contributed by atoms with E-state index in [9.17, 15) is 32.9 Å². The molecule has 3 rings (SSSR count). The number of esters is 1. The zero-order valence-electron chi connectivity index (χ0n) is 14.2. The predicted octanol–water partition coefficient (Wildman–Crippen LogP) is 3.77. The Morgan fingerprint density at radius 3 is 2.54 bits per heavy atom. The zero-order chi connectivity index (χ0) is 20.8. The number of halogens is 4. The summed E-state index contributed by atoms with van der Waals surface area (Å²) in [6.07, 6.45) is -5.16. The van der Waals surface area contributed by atoms with Crippen LogP contribution in [0.25, 0.3) is 10.8 Å². The van der Waals surface area contributed by atoms with Crippen LogP contribution < -0.4 is 4.90 Å². The molecule has 7 nitrogen and oxygen atoms in total. The molecule has 1 aliphatic heterocycles. The SMILES string of the molecule is COC(=O)c1ccc2c([N+](=O)[O-])cc3c(c2c1)C(CCl)CN3C(=O)C(F)(F)F. The summed E-state index contributed by atoms with van der Waals surface area (Å²) >= 11 is 5.91. The van der Waals surface area contributed by atoms with Crippen LogP contribution in [0.15, 0.2) is 24.3 Å². The fourth-order valence-electron chi connectivity index (χ4n) is 3.34. The fraction of sp³-hybridized carbons (Fsp3) is 0.294. The molecular formula is C17H12ClF3N2O5. The van der Waals surface area contributed by atoms with E-state index in [2.05, 4.69) is 4.74 Å². The Kier molecular flexibility index (Phi) is 4.92. The molecule has 11 heteroatoms. The normalized spacial score (nSPS) is 16.2. The van der Waals surface area contributed by atoms with Crippen LogP contribution in [-0.4, -0.2) is 42.5 Å². The molecule has 0 radical (unpaired) electrons. The number of nitro groups is 1. The van der Waals surface area contributed by atoms with Gasteiger partial charge >= 0.3 is 18.1 Å². The number of anilines is 1. The molecule has 1 atom stereocenters. The number of nitro benzene ring substituents is 1. The van der Waals surface area contributed by atoms with Gasteiger partial charge < -0.3 is 9.64 Å². The van der Waals surface area contributed by atoms with Gasteiger partial charge in [-0.25, -0.2) is 4.79 Å². The van der Waals surface area contributed by atoms with Crippen molar-refractivity contribution in [2.24, 2.45) is 0 Å². The molecule has 0 aromatic heterocycles. The van der Waals surface area contributed by atoms with Crippen LogP contribution in [0.3, 0.4) is 0 Å². The molecule has 0 spiro atoms. The minimum absolute atomic E-state index is 0.0617. The Morgan fingerprint density at radius 1 is 1.32 bits per heavy atom. The Labute approximate surface area is 160 Å². The number of hydrogen-bond acceptors (Lipinski definition) is 5. The molecule has 1 heterocycles. The van der Waals surface area contributed by atoms with Crippen LogP contribution in [0.2, 0.25) is 0 Å². The highest BCUT2D eigenvalue weighted by atomic mass is 35.5. The van der Waals surface area contributed by atoms with Crippen molar-refractivity contribution in [1.82, 2.24) is 0 Å². The van der Waals surface area contributed by atoms with Crippen molar-refractivity contribution in [3.8, 4) is 0 Å². The maximum Gasteiger partial charge on any atom is 0.471 e. The Hall–Kier alpha value is -2.88. The molecule has 0 fully saturated rings. The average molecular weight is 417 g/mol. The molecule has 1 unspecified atom stereocenters. The summed E-state index contributed by atoms with van der Waals surface area (Å²) < 4.78 is 43.6. The van der Waals surface area contributed by atoms with Crippen LogP contribution >= 0.6 is 11.6 Å². The summed E-state index contributed by atoms with van der Waals surface area (Å²) in [4.78, 5) is 34.8. The van der Waals surface area contributed by atoms with Gasteiger partial charge in [0.2, 0.25) is 0 Å². The van der Waals surface area contributed by atoms with E-state index in [1.807, 2.05) is 0 Å². The first-order valence-electron chi connectivity index (χ1n) is 7.88. The molecule has 148 valence electrons. The maximum absolute atomic E-state index is 13.0. The van der Waals surface area contributed by atoms with E-state index < -0.39 is 34.6 Å². The first-order chi connectivity index (χ1) is 13.1. The highest BCUT2D eigenvalue weighted by molar-refractivity contribution is 6.19. The lowest BCUT2D eigenvalue weighted by atomic mass is 9.93. The fourth-order valence-corrected chi connectivity index (χ4v) is 3.59. The molecule has 0 saturated heterocycles. The number of non-ortho nitro benzene ring substituents is 1.